The number of hydrogen-bond acceptors (Lipinski definition) is 1. The normalized spacial score (nSPS) is 14.7. The third-order valence-electron chi connectivity index (χ3n) is 1.41. The van der Waals surface area contributed by atoms with Crippen LogP contribution in [0, 0.1) is 0 Å². The summed E-state index contributed by atoms with van der Waals surface area (Å²) in [5.74, 6) is 0. The SMILES string of the molecule is CC(C)OCl.C[Si](C)(C)[V][C]1=CC=CC1. The number of rotatable bonds is 3. The van der Waals surface area contributed by atoms with Crippen molar-refractivity contribution in [2.45, 2.75) is 46.0 Å². The van der Waals surface area contributed by atoms with Crippen LogP contribution in [0.1, 0.15) is 20.3 Å². The van der Waals surface area contributed by atoms with Crippen LogP contribution in [0.4, 0.5) is 0 Å². The van der Waals surface area contributed by atoms with Gasteiger partial charge in [-0.15, -0.1) is 0 Å². The van der Waals surface area contributed by atoms with Crippen LogP contribution in [0.15, 0.2) is 22.5 Å². The first kappa shape index (κ1) is 15.5. The van der Waals surface area contributed by atoms with E-state index in [2.05, 4.69) is 42.2 Å². The molecule has 0 unspecified atom stereocenters. The maximum atomic E-state index is 4.84. The second-order valence-corrected chi connectivity index (χ2v) is 17.7. The van der Waals surface area contributed by atoms with Crippen molar-refractivity contribution in [3.8, 4) is 0 Å². The second-order valence-electron chi connectivity index (χ2n) is 4.71. The molecule has 0 bridgehead atoms. The van der Waals surface area contributed by atoms with Crippen molar-refractivity contribution >= 4 is 18.3 Å². The van der Waals surface area contributed by atoms with Crippen LogP contribution in [-0.2, 0) is 19.9 Å². The van der Waals surface area contributed by atoms with Gasteiger partial charge in [0.15, 0.2) is 0 Å². The predicted octanol–water partition coefficient (Wildman–Crippen LogP) is 4.31. The molecule has 1 aliphatic rings. The molecule has 0 aromatic heterocycles. The van der Waals surface area contributed by atoms with Gasteiger partial charge in [-0.2, -0.15) is 0 Å². The maximum absolute atomic E-state index is 4.84. The molecule has 1 rings (SSSR count). The van der Waals surface area contributed by atoms with Crippen molar-refractivity contribution in [2.24, 2.45) is 0 Å². The Balaban J connectivity index is 0.000000336. The fourth-order valence-electron chi connectivity index (χ4n) is 0.950. The van der Waals surface area contributed by atoms with Crippen LogP contribution in [0.5, 0.6) is 0 Å². The van der Waals surface area contributed by atoms with Gasteiger partial charge in [0.05, 0.1) is 18.0 Å². The van der Waals surface area contributed by atoms with Crippen molar-refractivity contribution in [2.75, 3.05) is 0 Å². The average molecular weight is 284 g/mol. The van der Waals surface area contributed by atoms with Gasteiger partial charge in [-0.25, -0.2) is 0 Å². The third-order valence-corrected chi connectivity index (χ3v) is 7.73. The first-order valence-electron chi connectivity index (χ1n) is 5.21. The molecule has 1 aliphatic carbocycles. The number of allylic oxidation sites excluding steroid dienone is 4. The van der Waals surface area contributed by atoms with E-state index < -0.39 is 6.45 Å². The van der Waals surface area contributed by atoms with Gasteiger partial charge in [-0.3, -0.25) is 4.29 Å². The van der Waals surface area contributed by atoms with Gasteiger partial charge < -0.3 is 0 Å². The molecule has 0 aliphatic heterocycles. The Morgan fingerprint density at radius 1 is 1.40 bits per heavy atom. The Kier molecular flexibility index (Phi) is 8.02. The van der Waals surface area contributed by atoms with E-state index in [1.54, 1.807) is 4.28 Å². The summed E-state index contributed by atoms with van der Waals surface area (Å²) in [6, 6.07) is 0. The van der Waals surface area contributed by atoms with Gasteiger partial charge in [0, 0.05) is 0 Å². The Bertz CT molecular complexity index is 231. The summed E-state index contributed by atoms with van der Waals surface area (Å²) in [5, 5.41) is 0. The zero-order valence-corrected chi connectivity index (χ0v) is 13.4. The summed E-state index contributed by atoms with van der Waals surface area (Å²) in [5.41, 5.74) is 0. The molecule has 0 atom stereocenters. The Labute approximate surface area is 107 Å². The molecule has 1 nitrogen and oxygen atoms in total. The van der Waals surface area contributed by atoms with Crippen LogP contribution in [0.2, 0.25) is 19.6 Å². The molecular weight excluding hydrogens is 263 g/mol. The summed E-state index contributed by atoms with van der Waals surface area (Å²) >= 11 is 5.39. The van der Waals surface area contributed by atoms with E-state index in [-0.39, 0.29) is 6.10 Å². The summed E-state index contributed by atoms with van der Waals surface area (Å²) in [7, 11) is 0. The minimum absolute atomic E-state index is 0.150. The zero-order valence-electron chi connectivity index (χ0n) is 10.2. The fourth-order valence-corrected chi connectivity index (χ4v) is 7.09. The van der Waals surface area contributed by atoms with Crippen LogP contribution in [-0.4, -0.2) is 12.6 Å². The summed E-state index contributed by atoms with van der Waals surface area (Å²) in [6.07, 6.45) is 7.45. The summed E-state index contributed by atoms with van der Waals surface area (Å²) in [4.78, 5) is 0. The molecule has 0 heterocycles. The molecule has 0 spiro atoms. The van der Waals surface area contributed by atoms with Gasteiger partial charge in [-0.1, -0.05) is 0 Å². The quantitative estimate of drug-likeness (QED) is 0.701. The molecule has 0 aromatic carbocycles. The van der Waals surface area contributed by atoms with Crippen molar-refractivity contribution in [1.29, 1.82) is 0 Å². The van der Waals surface area contributed by atoms with Crippen LogP contribution in [0.25, 0.3) is 0 Å². The molecule has 0 amide bonds. The molecule has 0 aromatic rings. The van der Waals surface area contributed by atoms with Crippen molar-refractivity contribution < 1.29 is 19.9 Å². The number of halogens is 1. The van der Waals surface area contributed by atoms with Gasteiger partial charge in [-0.05, 0) is 13.8 Å². The monoisotopic (exact) mass is 283 g/mol. The molecular formula is C11H21ClOSiV. The molecule has 0 saturated carbocycles. The first-order chi connectivity index (χ1) is 6.85. The van der Waals surface area contributed by atoms with E-state index in [0.717, 1.165) is 0 Å². The Hall–Kier alpha value is 0.531. The van der Waals surface area contributed by atoms with Crippen LogP contribution in [0.3, 0.4) is 0 Å². The average Bonchev–Trinajstić information content (AvgIpc) is 2.55. The first-order valence-corrected chi connectivity index (χ1v) is 11.8. The van der Waals surface area contributed by atoms with Crippen LogP contribution < -0.4 is 0 Å². The Morgan fingerprint density at radius 2 is 1.93 bits per heavy atom. The van der Waals surface area contributed by atoms with Crippen molar-refractivity contribution in [3.05, 3.63) is 22.5 Å². The standard InChI is InChI=1S/C5H5.C3H7ClO.C3H9Si.V/c1-2-4-5-3-1;1-3(2)5-4;1-4(2)3;/h1-3H,4H2;3H,1-2H3;1-3H3;. The van der Waals surface area contributed by atoms with E-state index in [9.17, 15) is 0 Å². The van der Waals surface area contributed by atoms with Gasteiger partial charge in [0.25, 0.3) is 0 Å². The van der Waals surface area contributed by atoms with E-state index in [0.29, 0.717) is 15.6 Å². The molecule has 0 radical (unpaired) electrons. The molecule has 4 heteroatoms. The summed E-state index contributed by atoms with van der Waals surface area (Å²) in [6.45, 7) is 11.1. The third kappa shape index (κ3) is 10.8. The predicted molar refractivity (Wildman–Crippen MR) is 67.3 cm³/mol. The van der Waals surface area contributed by atoms with E-state index in [1.807, 2.05) is 13.8 Å². The van der Waals surface area contributed by atoms with Gasteiger partial charge in [0.1, 0.15) is 0 Å². The zero-order chi connectivity index (χ0) is 11.9. The van der Waals surface area contributed by atoms with Crippen molar-refractivity contribution in [1.82, 2.24) is 0 Å². The molecule has 0 N–H and O–H groups in total. The molecule has 87 valence electrons. The van der Waals surface area contributed by atoms with Gasteiger partial charge >= 0.3 is 70.6 Å². The van der Waals surface area contributed by atoms with Crippen LogP contribution >= 0.6 is 11.9 Å². The topological polar surface area (TPSA) is 9.23 Å². The fraction of sp³-hybridized carbons (Fsp3) is 0.636. The van der Waals surface area contributed by atoms with Gasteiger partial charge in [0.2, 0.25) is 0 Å². The number of hydrogen-bond donors (Lipinski definition) is 0. The molecule has 0 saturated heterocycles. The molecule has 15 heavy (non-hydrogen) atoms. The summed E-state index contributed by atoms with van der Waals surface area (Å²) < 4.78 is 5.95. The van der Waals surface area contributed by atoms with E-state index in [1.165, 1.54) is 6.42 Å². The minimum atomic E-state index is -0.737. The molecule has 0 fully saturated rings. The van der Waals surface area contributed by atoms with Crippen molar-refractivity contribution in [3.63, 3.8) is 0 Å². The van der Waals surface area contributed by atoms with E-state index in [4.69, 9.17) is 11.9 Å². The Morgan fingerprint density at radius 3 is 2.20 bits per heavy atom. The second kappa shape index (κ2) is 7.75. The van der Waals surface area contributed by atoms with E-state index >= 15 is 0 Å².